The second kappa shape index (κ2) is 6.55. The fraction of sp³-hybridized carbons (Fsp3) is 0.412. The molecule has 4 heteroatoms. The number of para-hydroxylation sites is 1. The van der Waals surface area contributed by atoms with E-state index >= 15 is 0 Å². The van der Waals surface area contributed by atoms with Gasteiger partial charge in [0, 0.05) is 6.61 Å². The van der Waals surface area contributed by atoms with E-state index in [1.165, 1.54) is 18.4 Å². The van der Waals surface area contributed by atoms with Crippen molar-refractivity contribution in [2.45, 2.75) is 38.8 Å². The van der Waals surface area contributed by atoms with Gasteiger partial charge in [-0.05, 0) is 56.2 Å². The van der Waals surface area contributed by atoms with Crippen molar-refractivity contribution >= 4 is 11.0 Å². The molecule has 1 aliphatic rings. The van der Waals surface area contributed by atoms with Gasteiger partial charge in [0.15, 0.2) is 0 Å². The van der Waals surface area contributed by atoms with E-state index in [1.54, 1.807) is 4.68 Å². The Bertz CT molecular complexity index is 705. The standard InChI is InChI=1S/C17H19N3O/c1-2-21-17(13-12-14-8-4-3-5-9-14)20-16-11-7-6-10-15(16)18-19-20/h6-8,10-11,17H,2-5,9H2,1H3. The minimum absolute atomic E-state index is 0.384. The normalized spacial score (nSPS) is 16.1. The van der Waals surface area contributed by atoms with Gasteiger partial charge in [-0.3, -0.25) is 0 Å². The van der Waals surface area contributed by atoms with Gasteiger partial charge in [0.25, 0.3) is 0 Å². The Balaban J connectivity index is 1.91. The molecule has 108 valence electrons. The van der Waals surface area contributed by atoms with Crippen molar-refractivity contribution in [3.05, 3.63) is 35.9 Å². The second-order valence-corrected chi connectivity index (χ2v) is 5.07. The fourth-order valence-corrected chi connectivity index (χ4v) is 2.50. The molecule has 1 aromatic carbocycles. The van der Waals surface area contributed by atoms with E-state index in [2.05, 4.69) is 28.2 Å². The Morgan fingerprint density at radius 3 is 3.05 bits per heavy atom. The second-order valence-electron chi connectivity index (χ2n) is 5.07. The van der Waals surface area contributed by atoms with Crippen LogP contribution < -0.4 is 0 Å². The first-order valence-electron chi connectivity index (χ1n) is 7.50. The van der Waals surface area contributed by atoms with Gasteiger partial charge in [-0.25, -0.2) is 4.68 Å². The lowest BCUT2D eigenvalue weighted by Gasteiger charge is -2.12. The summed E-state index contributed by atoms with van der Waals surface area (Å²) < 4.78 is 7.50. The number of hydrogen-bond donors (Lipinski definition) is 0. The maximum Gasteiger partial charge on any atom is 0.215 e. The lowest BCUT2D eigenvalue weighted by atomic mass is 10.0. The molecule has 0 radical (unpaired) electrons. The third-order valence-electron chi connectivity index (χ3n) is 3.57. The summed E-state index contributed by atoms with van der Waals surface area (Å²) in [5, 5.41) is 8.36. The van der Waals surface area contributed by atoms with Crippen molar-refractivity contribution in [3.63, 3.8) is 0 Å². The Labute approximate surface area is 124 Å². The topological polar surface area (TPSA) is 39.9 Å². The molecule has 0 saturated carbocycles. The van der Waals surface area contributed by atoms with Crippen LogP contribution in [0.4, 0.5) is 0 Å². The molecule has 4 nitrogen and oxygen atoms in total. The van der Waals surface area contributed by atoms with E-state index < -0.39 is 0 Å². The van der Waals surface area contributed by atoms with Crippen molar-refractivity contribution in [2.75, 3.05) is 6.61 Å². The van der Waals surface area contributed by atoms with Gasteiger partial charge in [0.05, 0.1) is 5.52 Å². The highest BCUT2D eigenvalue weighted by Gasteiger charge is 2.13. The first-order chi connectivity index (χ1) is 10.4. The summed E-state index contributed by atoms with van der Waals surface area (Å²) in [6, 6.07) is 7.86. The van der Waals surface area contributed by atoms with Crippen LogP contribution in [0.3, 0.4) is 0 Å². The molecule has 0 aliphatic heterocycles. The zero-order chi connectivity index (χ0) is 14.5. The Morgan fingerprint density at radius 1 is 1.33 bits per heavy atom. The Hall–Kier alpha value is -2.12. The molecule has 2 aromatic rings. The molecule has 21 heavy (non-hydrogen) atoms. The SMILES string of the molecule is CCOC(C#CC1=CCCCC1)n1nnc2ccccc21. The summed E-state index contributed by atoms with van der Waals surface area (Å²) in [6.07, 6.45) is 6.56. The summed E-state index contributed by atoms with van der Waals surface area (Å²) >= 11 is 0. The predicted octanol–water partition coefficient (Wildman–Crippen LogP) is 3.47. The molecule has 1 unspecified atom stereocenters. The minimum atomic E-state index is -0.384. The van der Waals surface area contributed by atoms with Gasteiger partial charge in [-0.1, -0.05) is 29.3 Å². The van der Waals surface area contributed by atoms with Crippen LogP contribution in [0.5, 0.6) is 0 Å². The first kappa shape index (κ1) is 13.8. The van der Waals surface area contributed by atoms with E-state index in [-0.39, 0.29) is 6.23 Å². The van der Waals surface area contributed by atoms with Crippen LogP contribution in [-0.4, -0.2) is 21.6 Å². The van der Waals surface area contributed by atoms with Crippen LogP contribution in [0.1, 0.15) is 38.8 Å². The molecule has 1 aliphatic carbocycles. The number of aromatic nitrogens is 3. The molecule has 0 fully saturated rings. The van der Waals surface area contributed by atoms with Gasteiger partial charge in [-0.15, -0.1) is 5.10 Å². The quantitative estimate of drug-likeness (QED) is 0.809. The van der Waals surface area contributed by atoms with Crippen LogP contribution in [0.15, 0.2) is 35.9 Å². The molecule has 3 rings (SSSR count). The van der Waals surface area contributed by atoms with Gasteiger partial charge in [-0.2, -0.15) is 0 Å². The smallest absolute Gasteiger partial charge is 0.215 e. The molecule has 1 atom stereocenters. The number of nitrogens with zero attached hydrogens (tertiary/aromatic N) is 3. The largest absolute Gasteiger partial charge is 0.346 e. The summed E-state index contributed by atoms with van der Waals surface area (Å²) in [6.45, 7) is 2.56. The van der Waals surface area contributed by atoms with Gasteiger partial charge >= 0.3 is 0 Å². The van der Waals surface area contributed by atoms with E-state index in [1.807, 2.05) is 31.2 Å². The molecule has 0 spiro atoms. The molecule has 0 amide bonds. The highest BCUT2D eigenvalue weighted by Crippen LogP contribution is 2.18. The van der Waals surface area contributed by atoms with Crippen molar-refractivity contribution in [3.8, 4) is 11.8 Å². The number of ether oxygens (including phenoxy) is 1. The van der Waals surface area contributed by atoms with Crippen molar-refractivity contribution in [1.82, 2.24) is 15.0 Å². The predicted molar refractivity (Wildman–Crippen MR) is 82.5 cm³/mol. The number of rotatable bonds is 3. The Morgan fingerprint density at radius 2 is 2.24 bits per heavy atom. The van der Waals surface area contributed by atoms with Crippen LogP contribution in [0, 0.1) is 11.8 Å². The maximum atomic E-state index is 5.75. The summed E-state index contributed by atoms with van der Waals surface area (Å²) in [5.41, 5.74) is 3.03. The molecule has 1 aromatic heterocycles. The van der Waals surface area contributed by atoms with Gasteiger partial charge in [0.2, 0.25) is 6.23 Å². The zero-order valence-electron chi connectivity index (χ0n) is 12.2. The molecule has 1 heterocycles. The van der Waals surface area contributed by atoms with E-state index in [0.29, 0.717) is 6.61 Å². The van der Waals surface area contributed by atoms with Crippen molar-refractivity contribution in [1.29, 1.82) is 0 Å². The molecular formula is C17H19N3O. The van der Waals surface area contributed by atoms with Crippen LogP contribution >= 0.6 is 0 Å². The van der Waals surface area contributed by atoms with Crippen LogP contribution in [-0.2, 0) is 4.74 Å². The third-order valence-corrected chi connectivity index (χ3v) is 3.57. The van der Waals surface area contributed by atoms with E-state index in [4.69, 9.17) is 4.74 Å². The number of fused-ring (bicyclic) bond motifs is 1. The van der Waals surface area contributed by atoms with Gasteiger partial charge in [0.1, 0.15) is 5.52 Å². The summed E-state index contributed by atoms with van der Waals surface area (Å²) in [4.78, 5) is 0. The van der Waals surface area contributed by atoms with E-state index in [0.717, 1.165) is 23.9 Å². The number of benzene rings is 1. The van der Waals surface area contributed by atoms with Crippen molar-refractivity contribution < 1.29 is 4.74 Å². The summed E-state index contributed by atoms with van der Waals surface area (Å²) in [7, 11) is 0. The average Bonchev–Trinajstić information content (AvgIpc) is 2.96. The first-order valence-corrected chi connectivity index (χ1v) is 7.50. The van der Waals surface area contributed by atoms with Crippen LogP contribution in [0.25, 0.3) is 11.0 Å². The number of hydrogen-bond acceptors (Lipinski definition) is 3. The van der Waals surface area contributed by atoms with Gasteiger partial charge < -0.3 is 4.74 Å². The monoisotopic (exact) mass is 281 g/mol. The summed E-state index contributed by atoms with van der Waals surface area (Å²) in [5.74, 6) is 6.46. The van der Waals surface area contributed by atoms with Crippen LogP contribution in [0.2, 0.25) is 0 Å². The fourth-order valence-electron chi connectivity index (χ4n) is 2.50. The lowest BCUT2D eigenvalue weighted by Crippen LogP contribution is -2.13. The Kier molecular flexibility index (Phi) is 4.32. The minimum Gasteiger partial charge on any atom is -0.346 e. The molecular weight excluding hydrogens is 262 g/mol. The lowest BCUT2D eigenvalue weighted by molar-refractivity contribution is 0.0471. The van der Waals surface area contributed by atoms with Crippen molar-refractivity contribution in [2.24, 2.45) is 0 Å². The molecule has 0 saturated heterocycles. The highest BCUT2D eigenvalue weighted by atomic mass is 16.5. The van der Waals surface area contributed by atoms with E-state index in [9.17, 15) is 0 Å². The highest BCUT2D eigenvalue weighted by molar-refractivity contribution is 5.74. The zero-order valence-corrected chi connectivity index (χ0v) is 12.2. The third kappa shape index (κ3) is 3.14. The molecule has 0 bridgehead atoms. The molecule has 0 N–H and O–H groups in total. The number of allylic oxidation sites excluding steroid dienone is 2. The maximum absolute atomic E-state index is 5.75. The average molecular weight is 281 g/mol.